The Hall–Kier alpha value is -1.13. The van der Waals surface area contributed by atoms with Crippen LogP contribution in [0.25, 0.3) is 0 Å². The van der Waals surface area contributed by atoms with Gasteiger partial charge in [0.05, 0.1) is 8.66 Å². The maximum absolute atomic E-state index is 12.3. The van der Waals surface area contributed by atoms with Gasteiger partial charge in [0, 0.05) is 11.3 Å². The van der Waals surface area contributed by atoms with E-state index in [1.165, 1.54) is 11.3 Å². The maximum Gasteiger partial charge on any atom is 0.203 e. The van der Waals surface area contributed by atoms with Gasteiger partial charge in [0.2, 0.25) is 5.78 Å². The van der Waals surface area contributed by atoms with Crippen LogP contribution >= 0.6 is 27.3 Å². The molecule has 0 aliphatic carbocycles. The molecule has 1 heterocycles. The van der Waals surface area contributed by atoms with Gasteiger partial charge in [-0.2, -0.15) is 0 Å². The van der Waals surface area contributed by atoms with Gasteiger partial charge < -0.3 is 5.73 Å². The summed E-state index contributed by atoms with van der Waals surface area (Å²) in [6, 6.07) is 7.42. The highest BCUT2D eigenvalue weighted by atomic mass is 79.9. The van der Waals surface area contributed by atoms with E-state index in [1.54, 1.807) is 6.07 Å². The van der Waals surface area contributed by atoms with E-state index in [2.05, 4.69) is 15.9 Å². The van der Waals surface area contributed by atoms with E-state index in [9.17, 15) is 4.79 Å². The van der Waals surface area contributed by atoms with Crippen molar-refractivity contribution >= 4 is 38.7 Å². The van der Waals surface area contributed by atoms with Crippen LogP contribution in [-0.2, 0) is 0 Å². The van der Waals surface area contributed by atoms with Gasteiger partial charge in [-0.15, -0.1) is 11.3 Å². The molecule has 0 unspecified atom stereocenters. The van der Waals surface area contributed by atoms with Crippen LogP contribution in [0.5, 0.6) is 0 Å². The highest BCUT2D eigenvalue weighted by Crippen LogP contribution is 2.27. The van der Waals surface area contributed by atoms with E-state index < -0.39 is 0 Å². The summed E-state index contributed by atoms with van der Waals surface area (Å²) in [7, 11) is 0. The Kier molecular flexibility index (Phi) is 3.35. The van der Waals surface area contributed by atoms with Crippen LogP contribution in [0.1, 0.15) is 26.4 Å². The second-order valence-corrected chi connectivity index (χ2v) is 6.42. The molecule has 0 radical (unpaired) electrons. The normalized spacial score (nSPS) is 10.5. The van der Waals surface area contributed by atoms with Crippen LogP contribution in [0, 0.1) is 13.8 Å². The molecule has 0 fully saturated rings. The van der Waals surface area contributed by atoms with Crippen LogP contribution in [0.4, 0.5) is 5.69 Å². The molecule has 88 valence electrons. The fraction of sp³-hybridized carbons (Fsp3) is 0.154. The van der Waals surface area contributed by atoms with E-state index in [0.29, 0.717) is 11.3 Å². The van der Waals surface area contributed by atoms with Gasteiger partial charge in [-0.25, -0.2) is 0 Å². The summed E-state index contributed by atoms with van der Waals surface area (Å²) in [6.45, 7) is 3.88. The number of anilines is 1. The smallest absolute Gasteiger partial charge is 0.203 e. The van der Waals surface area contributed by atoms with Crippen LogP contribution in [0.3, 0.4) is 0 Å². The highest BCUT2D eigenvalue weighted by Gasteiger charge is 2.14. The third-order valence-corrected chi connectivity index (χ3v) is 4.28. The molecule has 1 aromatic carbocycles. The van der Waals surface area contributed by atoms with E-state index >= 15 is 0 Å². The lowest BCUT2D eigenvalue weighted by Crippen LogP contribution is -2.04. The van der Waals surface area contributed by atoms with Crippen molar-refractivity contribution in [3.05, 3.63) is 49.6 Å². The Labute approximate surface area is 113 Å². The third kappa shape index (κ3) is 2.42. The summed E-state index contributed by atoms with van der Waals surface area (Å²) < 4.78 is 0.957. The van der Waals surface area contributed by atoms with Crippen molar-refractivity contribution in [1.29, 1.82) is 0 Å². The number of thiophene rings is 1. The summed E-state index contributed by atoms with van der Waals surface area (Å²) in [5.41, 5.74) is 9.17. The molecule has 0 aliphatic rings. The van der Waals surface area contributed by atoms with Gasteiger partial charge in [-0.1, -0.05) is 6.07 Å². The van der Waals surface area contributed by atoms with Gasteiger partial charge in [-0.3, -0.25) is 4.79 Å². The second kappa shape index (κ2) is 4.63. The zero-order chi connectivity index (χ0) is 12.6. The number of benzene rings is 1. The molecule has 2 N–H and O–H groups in total. The fourth-order valence-electron chi connectivity index (χ4n) is 1.68. The summed E-state index contributed by atoms with van der Waals surface area (Å²) >= 11 is 4.79. The molecule has 17 heavy (non-hydrogen) atoms. The Balaban J connectivity index is 2.47. The molecule has 2 aromatic rings. The molecular weight excluding hydrogens is 298 g/mol. The quantitative estimate of drug-likeness (QED) is 0.674. The van der Waals surface area contributed by atoms with Crippen molar-refractivity contribution < 1.29 is 4.79 Å². The molecule has 0 bridgehead atoms. The van der Waals surface area contributed by atoms with Crippen molar-refractivity contribution in [1.82, 2.24) is 0 Å². The minimum absolute atomic E-state index is 0.0323. The molecule has 2 rings (SSSR count). The van der Waals surface area contributed by atoms with E-state index in [4.69, 9.17) is 5.73 Å². The van der Waals surface area contributed by atoms with Crippen molar-refractivity contribution in [2.75, 3.05) is 5.73 Å². The van der Waals surface area contributed by atoms with Crippen molar-refractivity contribution in [2.45, 2.75) is 13.8 Å². The molecule has 4 heteroatoms. The van der Waals surface area contributed by atoms with Gasteiger partial charge in [-0.05, 0) is 59.1 Å². The first-order valence-corrected chi connectivity index (χ1v) is 6.76. The first-order valence-electron chi connectivity index (χ1n) is 5.16. The molecule has 0 saturated heterocycles. The van der Waals surface area contributed by atoms with Crippen molar-refractivity contribution in [3.63, 3.8) is 0 Å². The first kappa shape index (κ1) is 12.3. The lowest BCUT2D eigenvalue weighted by atomic mass is 10.00. The van der Waals surface area contributed by atoms with Crippen LogP contribution in [0.2, 0.25) is 0 Å². The minimum atomic E-state index is 0.0323. The predicted octanol–water partition coefficient (Wildman–Crippen LogP) is 3.94. The standard InChI is InChI=1S/C13H12BrNOS/c1-7-5-8(2)10(15)6-9(7)13(16)11-3-4-12(14)17-11/h3-6H,15H2,1-2H3. The maximum atomic E-state index is 12.3. The monoisotopic (exact) mass is 309 g/mol. The Bertz CT molecular complexity index is 589. The van der Waals surface area contributed by atoms with E-state index in [0.717, 1.165) is 19.8 Å². The largest absolute Gasteiger partial charge is 0.398 e. The number of rotatable bonds is 2. The number of carbonyl (C=O) groups excluding carboxylic acids is 1. The molecule has 2 nitrogen and oxygen atoms in total. The fourth-order valence-corrected chi connectivity index (χ4v) is 3.02. The van der Waals surface area contributed by atoms with Crippen molar-refractivity contribution in [2.24, 2.45) is 0 Å². The van der Waals surface area contributed by atoms with E-state index in [1.807, 2.05) is 32.0 Å². The lowest BCUT2D eigenvalue weighted by molar-refractivity contribution is 0.104. The summed E-state index contributed by atoms with van der Waals surface area (Å²) in [4.78, 5) is 13.0. The molecular formula is C13H12BrNOS. The van der Waals surface area contributed by atoms with Crippen LogP contribution in [0.15, 0.2) is 28.1 Å². The first-order chi connectivity index (χ1) is 7.99. The Morgan fingerprint density at radius 1 is 1.24 bits per heavy atom. The number of halogens is 1. The number of ketones is 1. The van der Waals surface area contributed by atoms with Gasteiger partial charge >= 0.3 is 0 Å². The minimum Gasteiger partial charge on any atom is -0.398 e. The van der Waals surface area contributed by atoms with Crippen LogP contribution in [-0.4, -0.2) is 5.78 Å². The summed E-state index contributed by atoms with van der Waals surface area (Å²) in [5, 5.41) is 0. The number of carbonyl (C=O) groups is 1. The summed E-state index contributed by atoms with van der Waals surface area (Å²) in [6.07, 6.45) is 0. The topological polar surface area (TPSA) is 43.1 Å². The molecule has 1 aromatic heterocycles. The number of hydrogen-bond donors (Lipinski definition) is 1. The Morgan fingerprint density at radius 2 is 1.94 bits per heavy atom. The number of nitrogens with two attached hydrogens (primary N) is 1. The SMILES string of the molecule is Cc1cc(C)c(C(=O)c2ccc(Br)s2)cc1N. The van der Waals surface area contributed by atoms with E-state index in [-0.39, 0.29) is 5.78 Å². The molecule has 0 atom stereocenters. The average Bonchev–Trinajstić information content (AvgIpc) is 2.69. The van der Waals surface area contributed by atoms with Gasteiger partial charge in [0.25, 0.3) is 0 Å². The van der Waals surface area contributed by atoms with Gasteiger partial charge in [0.1, 0.15) is 0 Å². The highest BCUT2D eigenvalue weighted by molar-refractivity contribution is 9.11. The number of hydrogen-bond acceptors (Lipinski definition) is 3. The molecule has 0 saturated carbocycles. The average molecular weight is 310 g/mol. The summed E-state index contributed by atoms with van der Waals surface area (Å²) in [5.74, 6) is 0.0323. The third-order valence-electron chi connectivity index (χ3n) is 2.65. The van der Waals surface area contributed by atoms with Gasteiger partial charge in [0.15, 0.2) is 0 Å². The zero-order valence-electron chi connectivity index (χ0n) is 9.58. The Morgan fingerprint density at radius 3 is 2.53 bits per heavy atom. The molecule has 0 aliphatic heterocycles. The van der Waals surface area contributed by atoms with Crippen LogP contribution < -0.4 is 5.73 Å². The number of nitrogen functional groups attached to an aromatic ring is 1. The number of aryl methyl sites for hydroxylation is 2. The second-order valence-electron chi connectivity index (χ2n) is 3.96. The van der Waals surface area contributed by atoms with Crippen molar-refractivity contribution in [3.8, 4) is 0 Å². The zero-order valence-corrected chi connectivity index (χ0v) is 12.0. The molecule has 0 spiro atoms. The predicted molar refractivity (Wildman–Crippen MR) is 75.8 cm³/mol. The molecule has 0 amide bonds. The lowest BCUT2D eigenvalue weighted by Gasteiger charge is -2.07.